The minimum atomic E-state index is -0.848. The molecule has 0 saturated heterocycles. The average molecular weight is 299 g/mol. The van der Waals surface area contributed by atoms with Gasteiger partial charge >= 0.3 is 6.03 Å². The molecule has 1 atom stereocenters. The molecule has 0 aromatic heterocycles. The van der Waals surface area contributed by atoms with Gasteiger partial charge in [0, 0.05) is 6.54 Å². The van der Waals surface area contributed by atoms with Gasteiger partial charge in [0.1, 0.15) is 6.04 Å². The number of rotatable bonds is 5. The standard InChI is InChI=1S/C15H29N3O3/c1-10(2)11(18-13(16)20)12(19)17-9-15(21)7-5-14(3,4)6-8-15/h10-11,21H,5-9H2,1-4H3,(H,17,19)(H3,16,18,20). The molecule has 6 heteroatoms. The third-order valence-corrected chi connectivity index (χ3v) is 4.37. The first-order valence-corrected chi connectivity index (χ1v) is 7.61. The second kappa shape index (κ2) is 6.64. The number of primary amides is 1. The maximum atomic E-state index is 12.1. The second-order valence-corrected chi connectivity index (χ2v) is 7.34. The summed E-state index contributed by atoms with van der Waals surface area (Å²) < 4.78 is 0. The molecule has 1 unspecified atom stereocenters. The van der Waals surface area contributed by atoms with Crippen molar-refractivity contribution in [1.82, 2.24) is 10.6 Å². The highest BCUT2D eigenvalue weighted by Gasteiger charge is 2.37. The lowest BCUT2D eigenvalue weighted by molar-refractivity contribution is -0.125. The lowest BCUT2D eigenvalue weighted by Gasteiger charge is -2.40. The van der Waals surface area contributed by atoms with Crippen LogP contribution in [0.2, 0.25) is 0 Å². The summed E-state index contributed by atoms with van der Waals surface area (Å²) in [6, 6.07) is -1.40. The number of amides is 3. The normalized spacial score (nSPS) is 21.6. The van der Waals surface area contributed by atoms with Crippen LogP contribution in [-0.2, 0) is 4.79 Å². The third-order valence-electron chi connectivity index (χ3n) is 4.37. The van der Waals surface area contributed by atoms with E-state index in [0.717, 1.165) is 12.8 Å². The molecule has 1 rings (SSSR count). The van der Waals surface area contributed by atoms with Crippen molar-refractivity contribution >= 4 is 11.9 Å². The van der Waals surface area contributed by atoms with Crippen molar-refractivity contribution in [2.75, 3.05) is 6.54 Å². The Labute approximate surface area is 126 Å². The van der Waals surface area contributed by atoms with Crippen molar-refractivity contribution in [3.05, 3.63) is 0 Å². The van der Waals surface area contributed by atoms with Crippen LogP contribution in [0, 0.1) is 11.3 Å². The van der Waals surface area contributed by atoms with E-state index in [4.69, 9.17) is 5.73 Å². The quantitative estimate of drug-likeness (QED) is 0.611. The van der Waals surface area contributed by atoms with Gasteiger partial charge in [0.05, 0.1) is 5.60 Å². The van der Waals surface area contributed by atoms with Crippen LogP contribution in [0.25, 0.3) is 0 Å². The molecule has 1 aliphatic rings. The van der Waals surface area contributed by atoms with Crippen LogP contribution in [0.15, 0.2) is 0 Å². The maximum Gasteiger partial charge on any atom is 0.312 e. The van der Waals surface area contributed by atoms with E-state index in [9.17, 15) is 14.7 Å². The molecule has 0 aromatic carbocycles. The average Bonchev–Trinajstić information content (AvgIpc) is 2.37. The molecule has 1 fully saturated rings. The van der Waals surface area contributed by atoms with Gasteiger partial charge in [-0.2, -0.15) is 0 Å². The van der Waals surface area contributed by atoms with E-state index in [1.807, 2.05) is 13.8 Å². The van der Waals surface area contributed by atoms with Gasteiger partial charge < -0.3 is 21.5 Å². The molecule has 0 radical (unpaired) electrons. The predicted octanol–water partition coefficient (Wildman–Crippen LogP) is 1.13. The van der Waals surface area contributed by atoms with E-state index in [1.165, 1.54) is 0 Å². The van der Waals surface area contributed by atoms with Crippen molar-refractivity contribution in [2.45, 2.75) is 65.0 Å². The smallest absolute Gasteiger partial charge is 0.312 e. The van der Waals surface area contributed by atoms with E-state index in [1.54, 1.807) is 0 Å². The second-order valence-electron chi connectivity index (χ2n) is 7.34. The maximum absolute atomic E-state index is 12.1. The Morgan fingerprint density at radius 2 is 1.71 bits per heavy atom. The topological polar surface area (TPSA) is 104 Å². The number of hydrogen-bond donors (Lipinski definition) is 4. The molecule has 0 aromatic rings. The largest absolute Gasteiger partial charge is 0.388 e. The highest BCUT2D eigenvalue weighted by molar-refractivity contribution is 5.86. The van der Waals surface area contributed by atoms with Crippen molar-refractivity contribution in [2.24, 2.45) is 17.1 Å². The molecule has 3 amide bonds. The molecule has 1 saturated carbocycles. The molecule has 21 heavy (non-hydrogen) atoms. The van der Waals surface area contributed by atoms with Crippen LogP contribution >= 0.6 is 0 Å². The number of hydrogen-bond acceptors (Lipinski definition) is 3. The van der Waals surface area contributed by atoms with Gasteiger partial charge in [-0.3, -0.25) is 4.79 Å². The molecule has 1 aliphatic carbocycles. The SMILES string of the molecule is CC(C)C(NC(N)=O)C(=O)NCC1(O)CCC(C)(C)CC1. The number of carbonyl (C=O) groups excluding carboxylic acids is 2. The Hall–Kier alpha value is -1.30. The summed E-state index contributed by atoms with van der Waals surface area (Å²) in [5, 5.41) is 15.7. The van der Waals surface area contributed by atoms with Crippen molar-refractivity contribution in [3.63, 3.8) is 0 Å². The molecular formula is C15H29N3O3. The van der Waals surface area contributed by atoms with Gasteiger partial charge in [-0.15, -0.1) is 0 Å². The monoisotopic (exact) mass is 299 g/mol. The minimum absolute atomic E-state index is 0.0718. The lowest BCUT2D eigenvalue weighted by Crippen LogP contribution is -2.54. The summed E-state index contributed by atoms with van der Waals surface area (Å²) in [7, 11) is 0. The molecule has 0 spiro atoms. The number of urea groups is 1. The van der Waals surface area contributed by atoms with Gasteiger partial charge in [0.2, 0.25) is 5.91 Å². The van der Waals surface area contributed by atoms with E-state index in [2.05, 4.69) is 24.5 Å². The minimum Gasteiger partial charge on any atom is -0.388 e. The molecule has 0 bridgehead atoms. The molecule has 6 nitrogen and oxygen atoms in total. The van der Waals surface area contributed by atoms with Crippen LogP contribution < -0.4 is 16.4 Å². The van der Waals surface area contributed by atoms with E-state index < -0.39 is 17.7 Å². The van der Waals surface area contributed by atoms with Gasteiger partial charge in [-0.1, -0.05) is 27.7 Å². The summed E-state index contributed by atoms with van der Waals surface area (Å²) in [6.07, 6.45) is 3.23. The Kier molecular flexibility index (Phi) is 5.61. The summed E-state index contributed by atoms with van der Waals surface area (Å²) >= 11 is 0. The summed E-state index contributed by atoms with van der Waals surface area (Å²) in [5.74, 6) is -0.375. The first-order chi connectivity index (χ1) is 9.55. The Morgan fingerprint density at radius 1 is 1.19 bits per heavy atom. The highest BCUT2D eigenvalue weighted by Crippen LogP contribution is 2.39. The fourth-order valence-electron chi connectivity index (χ4n) is 2.62. The Bertz CT molecular complexity index is 384. The summed E-state index contributed by atoms with van der Waals surface area (Å²) in [5.41, 5.74) is 4.49. The first-order valence-electron chi connectivity index (χ1n) is 7.61. The molecule has 122 valence electrons. The Balaban J connectivity index is 2.53. The van der Waals surface area contributed by atoms with Crippen molar-refractivity contribution in [1.29, 1.82) is 0 Å². The summed E-state index contributed by atoms with van der Waals surface area (Å²) in [4.78, 5) is 23.1. The van der Waals surface area contributed by atoms with Crippen LogP contribution in [0.1, 0.15) is 53.4 Å². The summed E-state index contributed by atoms with van der Waals surface area (Å²) in [6.45, 7) is 8.26. The lowest BCUT2D eigenvalue weighted by atomic mass is 9.71. The zero-order valence-electron chi connectivity index (χ0n) is 13.5. The Morgan fingerprint density at radius 3 is 2.14 bits per heavy atom. The fraction of sp³-hybridized carbons (Fsp3) is 0.867. The number of nitrogens with one attached hydrogen (secondary N) is 2. The predicted molar refractivity (Wildman–Crippen MR) is 81.6 cm³/mol. The van der Waals surface area contributed by atoms with Crippen LogP contribution in [0.3, 0.4) is 0 Å². The van der Waals surface area contributed by atoms with Crippen LogP contribution in [0.5, 0.6) is 0 Å². The highest BCUT2D eigenvalue weighted by atomic mass is 16.3. The molecule has 0 heterocycles. The van der Waals surface area contributed by atoms with E-state index in [0.29, 0.717) is 12.8 Å². The zero-order valence-corrected chi connectivity index (χ0v) is 13.5. The fourth-order valence-corrected chi connectivity index (χ4v) is 2.62. The van der Waals surface area contributed by atoms with Crippen molar-refractivity contribution in [3.8, 4) is 0 Å². The van der Waals surface area contributed by atoms with Gasteiger partial charge in [-0.05, 0) is 37.0 Å². The van der Waals surface area contributed by atoms with Crippen LogP contribution in [0.4, 0.5) is 4.79 Å². The van der Waals surface area contributed by atoms with Gasteiger partial charge in [0.25, 0.3) is 0 Å². The number of aliphatic hydroxyl groups is 1. The molecule has 5 N–H and O–H groups in total. The molecule has 0 aliphatic heterocycles. The van der Waals surface area contributed by atoms with E-state index >= 15 is 0 Å². The third kappa shape index (κ3) is 5.53. The van der Waals surface area contributed by atoms with Crippen molar-refractivity contribution < 1.29 is 14.7 Å². The van der Waals surface area contributed by atoms with Crippen LogP contribution in [-0.4, -0.2) is 35.2 Å². The van der Waals surface area contributed by atoms with E-state index in [-0.39, 0.29) is 23.8 Å². The number of nitrogens with two attached hydrogens (primary N) is 1. The zero-order chi connectivity index (χ0) is 16.3. The number of carbonyl (C=O) groups is 2. The van der Waals surface area contributed by atoms with Gasteiger partial charge in [0.15, 0.2) is 0 Å². The van der Waals surface area contributed by atoms with Gasteiger partial charge in [-0.25, -0.2) is 4.79 Å². The first kappa shape index (κ1) is 17.8. The molecular weight excluding hydrogens is 270 g/mol.